The highest BCUT2D eigenvalue weighted by Crippen LogP contribution is 2.38. The van der Waals surface area contributed by atoms with Crippen LogP contribution in [0.5, 0.6) is 0 Å². The van der Waals surface area contributed by atoms with E-state index in [0.717, 1.165) is 31.4 Å². The van der Waals surface area contributed by atoms with Crippen molar-refractivity contribution in [2.75, 3.05) is 6.54 Å². The number of nitrogens with two attached hydrogens (primary N) is 2. The van der Waals surface area contributed by atoms with Crippen LogP contribution in [0.1, 0.15) is 46.0 Å². The minimum atomic E-state index is -0.840. The van der Waals surface area contributed by atoms with Crippen LogP contribution in [-0.2, 0) is 9.53 Å². The molecule has 1 amide bonds. The summed E-state index contributed by atoms with van der Waals surface area (Å²) in [7, 11) is 0. The van der Waals surface area contributed by atoms with Gasteiger partial charge in [0, 0.05) is 25.4 Å². The second kappa shape index (κ2) is 11.2. The third-order valence-electron chi connectivity index (χ3n) is 6.68. The number of alkyl halides is 1. The Bertz CT molecular complexity index is 768. The Morgan fingerprint density at radius 1 is 1.44 bits per heavy atom. The SMILES string of the molecule is CCC1(C)CCC(Cl)/C=N\C(C(C(=O)NC2CNC=CC2OC2=CNC=CC2)C(N)N)C1. The van der Waals surface area contributed by atoms with E-state index in [1.807, 2.05) is 30.8 Å². The van der Waals surface area contributed by atoms with E-state index >= 15 is 0 Å². The minimum Gasteiger partial charge on any atom is -0.487 e. The highest BCUT2D eigenvalue weighted by molar-refractivity contribution is 6.28. The molecule has 8 nitrogen and oxygen atoms in total. The van der Waals surface area contributed by atoms with Gasteiger partial charge in [-0.25, -0.2) is 0 Å². The molecule has 0 spiro atoms. The van der Waals surface area contributed by atoms with Crippen LogP contribution in [0.25, 0.3) is 0 Å². The van der Waals surface area contributed by atoms with Crippen LogP contribution in [0.3, 0.4) is 0 Å². The molecule has 3 aliphatic heterocycles. The summed E-state index contributed by atoms with van der Waals surface area (Å²) in [5.74, 6) is -0.0605. The third-order valence-corrected chi connectivity index (χ3v) is 7.01. The zero-order valence-corrected chi connectivity index (χ0v) is 19.7. The van der Waals surface area contributed by atoms with E-state index in [2.05, 4.69) is 29.8 Å². The molecule has 0 aromatic rings. The lowest BCUT2D eigenvalue weighted by molar-refractivity contribution is -0.128. The van der Waals surface area contributed by atoms with Gasteiger partial charge in [0.2, 0.25) is 5.91 Å². The van der Waals surface area contributed by atoms with Gasteiger partial charge in [0.1, 0.15) is 11.9 Å². The van der Waals surface area contributed by atoms with Crippen molar-refractivity contribution >= 4 is 23.7 Å². The summed E-state index contributed by atoms with van der Waals surface area (Å²) in [6.07, 6.45) is 14.3. The number of aliphatic imine (C=N–C) groups is 1. The summed E-state index contributed by atoms with van der Waals surface area (Å²) in [4.78, 5) is 18.1. The maximum atomic E-state index is 13.4. The largest absolute Gasteiger partial charge is 0.487 e. The van der Waals surface area contributed by atoms with Gasteiger partial charge < -0.3 is 32.2 Å². The van der Waals surface area contributed by atoms with Crippen molar-refractivity contribution in [2.24, 2.45) is 27.8 Å². The lowest BCUT2D eigenvalue weighted by Gasteiger charge is -2.38. The summed E-state index contributed by atoms with van der Waals surface area (Å²) in [5.41, 5.74) is 12.3. The molecule has 9 heteroatoms. The van der Waals surface area contributed by atoms with Crippen LogP contribution in [0.2, 0.25) is 0 Å². The molecule has 0 aliphatic carbocycles. The summed E-state index contributed by atoms with van der Waals surface area (Å²) >= 11 is 6.41. The van der Waals surface area contributed by atoms with Gasteiger partial charge in [0.25, 0.3) is 0 Å². The molecule has 32 heavy (non-hydrogen) atoms. The van der Waals surface area contributed by atoms with Crippen LogP contribution in [0, 0.1) is 11.3 Å². The number of ether oxygens (including phenoxy) is 1. The monoisotopic (exact) mass is 464 g/mol. The van der Waals surface area contributed by atoms with Crippen LogP contribution < -0.4 is 27.4 Å². The Morgan fingerprint density at radius 2 is 2.25 bits per heavy atom. The standard InChI is InChI=1S/C23H37ClN6O2/c1-3-23(2)8-6-15(24)12-29-17(11-23)20(21(25)26)22(31)30-18-14-28-10-7-19(18)32-16-5-4-9-27-13-16/h4,7,9-10,12-13,15,17-21,27-28H,3,5-6,8,11,14,25-26H2,1-2H3,(H,30,31)/b29-12-. The van der Waals surface area contributed by atoms with Crippen molar-refractivity contribution in [1.29, 1.82) is 0 Å². The molecule has 0 bridgehead atoms. The van der Waals surface area contributed by atoms with Crippen molar-refractivity contribution in [3.05, 3.63) is 36.5 Å². The maximum absolute atomic E-state index is 13.4. The molecule has 3 rings (SSSR count). The Balaban J connectivity index is 1.74. The molecule has 0 radical (unpaired) electrons. The number of hydrogen-bond acceptors (Lipinski definition) is 7. The molecule has 6 atom stereocenters. The van der Waals surface area contributed by atoms with Crippen LogP contribution >= 0.6 is 11.6 Å². The quantitative estimate of drug-likeness (QED) is 0.289. The third kappa shape index (κ3) is 6.49. The van der Waals surface area contributed by atoms with Gasteiger partial charge in [0.15, 0.2) is 0 Å². The summed E-state index contributed by atoms with van der Waals surface area (Å²) in [6, 6.07) is -0.597. The molecular weight excluding hydrogens is 428 g/mol. The van der Waals surface area contributed by atoms with Crippen molar-refractivity contribution in [2.45, 2.75) is 75.7 Å². The predicted octanol–water partition coefficient (Wildman–Crippen LogP) is 1.83. The smallest absolute Gasteiger partial charge is 0.228 e. The Kier molecular flexibility index (Phi) is 8.62. The van der Waals surface area contributed by atoms with Crippen LogP contribution in [0.15, 0.2) is 41.5 Å². The van der Waals surface area contributed by atoms with E-state index in [-0.39, 0.29) is 34.9 Å². The van der Waals surface area contributed by atoms with Crippen LogP contribution in [-0.4, -0.2) is 48.4 Å². The number of rotatable bonds is 7. The number of hydrogen-bond donors (Lipinski definition) is 5. The first-order valence-electron chi connectivity index (χ1n) is 11.5. The van der Waals surface area contributed by atoms with E-state index in [1.165, 1.54) is 0 Å². The molecule has 3 aliphatic rings. The van der Waals surface area contributed by atoms with Gasteiger partial charge in [-0.05, 0) is 43.2 Å². The normalized spacial score (nSPS) is 34.4. The molecule has 0 fully saturated rings. The number of nitrogens with one attached hydrogen (secondary N) is 3. The summed E-state index contributed by atoms with van der Waals surface area (Å²) in [6.45, 7) is 4.93. The molecular formula is C23H37ClN6O2. The van der Waals surface area contributed by atoms with E-state index in [4.69, 9.17) is 32.8 Å². The maximum Gasteiger partial charge on any atom is 0.228 e. The predicted molar refractivity (Wildman–Crippen MR) is 129 cm³/mol. The van der Waals surface area contributed by atoms with Crippen LogP contribution in [0.4, 0.5) is 0 Å². The number of halogens is 1. The van der Waals surface area contributed by atoms with Crippen molar-refractivity contribution in [3.63, 3.8) is 0 Å². The molecule has 6 unspecified atom stereocenters. The number of nitrogens with zero attached hydrogens (tertiary/aromatic N) is 1. The summed E-state index contributed by atoms with van der Waals surface area (Å²) < 4.78 is 6.13. The first-order valence-corrected chi connectivity index (χ1v) is 11.9. The van der Waals surface area contributed by atoms with Gasteiger partial charge in [0.05, 0.1) is 29.5 Å². The first kappa shape index (κ1) is 24.6. The van der Waals surface area contributed by atoms with Gasteiger partial charge in [-0.3, -0.25) is 9.79 Å². The van der Waals surface area contributed by atoms with E-state index in [0.29, 0.717) is 13.0 Å². The molecule has 0 aromatic heterocycles. The lowest BCUT2D eigenvalue weighted by Crippen LogP contribution is -2.58. The Labute approximate surface area is 195 Å². The van der Waals surface area contributed by atoms with Gasteiger partial charge in [-0.1, -0.05) is 26.3 Å². The second-order valence-corrected chi connectivity index (χ2v) is 9.80. The van der Waals surface area contributed by atoms with Crippen molar-refractivity contribution in [1.82, 2.24) is 16.0 Å². The fourth-order valence-electron chi connectivity index (χ4n) is 4.41. The van der Waals surface area contributed by atoms with Gasteiger partial charge in [-0.2, -0.15) is 0 Å². The minimum absolute atomic E-state index is 0.0255. The van der Waals surface area contributed by atoms with E-state index in [1.54, 1.807) is 6.21 Å². The zero-order valence-electron chi connectivity index (χ0n) is 19.0. The number of amides is 1. The fraction of sp³-hybridized carbons (Fsp3) is 0.652. The number of dihydropyridines is 1. The van der Waals surface area contributed by atoms with E-state index < -0.39 is 12.1 Å². The highest BCUT2D eigenvalue weighted by Gasteiger charge is 2.39. The van der Waals surface area contributed by atoms with Gasteiger partial charge >= 0.3 is 0 Å². The number of allylic oxidation sites excluding steroid dienone is 1. The van der Waals surface area contributed by atoms with E-state index in [9.17, 15) is 4.79 Å². The van der Waals surface area contributed by atoms with Crippen molar-refractivity contribution < 1.29 is 9.53 Å². The Morgan fingerprint density at radius 3 is 2.94 bits per heavy atom. The van der Waals surface area contributed by atoms with Crippen molar-refractivity contribution in [3.8, 4) is 0 Å². The summed E-state index contributed by atoms with van der Waals surface area (Å²) in [5, 5.41) is 9.16. The fourth-order valence-corrected chi connectivity index (χ4v) is 4.59. The molecule has 0 saturated heterocycles. The molecule has 7 N–H and O–H groups in total. The molecule has 3 heterocycles. The number of carbonyl (C=O) groups is 1. The average Bonchev–Trinajstić information content (AvgIpc) is 2.77. The average molecular weight is 465 g/mol. The molecule has 0 saturated carbocycles. The molecule has 178 valence electrons. The Hall–Kier alpha value is -2.03. The molecule has 0 aromatic carbocycles. The topological polar surface area (TPSA) is 127 Å². The first-order chi connectivity index (χ1) is 15.3. The highest BCUT2D eigenvalue weighted by atomic mass is 35.5. The number of carbonyl (C=O) groups excluding carboxylic acids is 1. The van der Waals surface area contributed by atoms with Gasteiger partial charge in [-0.15, -0.1) is 11.6 Å². The zero-order chi connectivity index (χ0) is 23.1. The lowest BCUT2D eigenvalue weighted by atomic mass is 9.73. The second-order valence-electron chi connectivity index (χ2n) is 9.24.